The van der Waals surface area contributed by atoms with Gasteiger partial charge in [-0.05, 0) is 46.5 Å². The van der Waals surface area contributed by atoms with Crippen molar-refractivity contribution in [1.29, 1.82) is 0 Å². The van der Waals surface area contributed by atoms with Gasteiger partial charge in [0.15, 0.2) is 0 Å². The highest BCUT2D eigenvalue weighted by atomic mass is 16.2. The first kappa shape index (κ1) is 30.5. The Balaban J connectivity index is 1.27. The SMILES string of the molecule is Cn1cc[n+](C)c1C(=O)Nc1ccc(C(C)(C)c2ccc(C(C)(C)c3ccc(NC(=O)c4n(C)cc[n+]4C)cc3)cc2)cc1. The number of hydrogen-bond acceptors (Lipinski definition) is 2. The Morgan fingerprint density at radius 1 is 0.545 bits per heavy atom. The monoisotopic (exact) mass is 590 g/mol. The van der Waals surface area contributed by atoms with E-state index in [1.54, 1.807) is 18.3 Å². The standard InChI is InChI=1S/C36H40N6O2/c1-35(2,27-13-17-29(18-14-27)37-31(43)33-39(5)21-22-40(33)6)25-9-11-26(12-10-25)36(3,4)28-15-19-30(20-16-28)38-32(44)34-41(7)23-24-42(34)8/h9-24H,1-8H3/p+2. The molecule has 2 N–H and O–H groups in total. The van der Waals surface area contributed by atoms with Crippen LogP contribution >= 0.6 is 0 Å². The summed E-state index contributed by atoms with van der Waals surface area (Å²) >= 11 is 0. The van der Waals surface area contributed by atoms with Crippen LogP contribution in [0.25, 0.3) is 0 Å². The Hall–Kier alpha value is -4.98. The van der Waals surface area contributed by atoms with Crippen molar-refractivity contribution in [3.8, 4) is 0 Å². The molecule has 0 bridgehead atoms. The summed E-state index contributed by atoms with van der Waals surface area (Å²) in [5.41, 5.74) is 5.78. The number of aromatic nitrogens is 4. The molecule has 0 aliphatic rings. The van der Waals surface area contributed by atoms with Crippen LogP contribution in [0.1, 0.15) is 71.2 Å². The van der Waals surface area contributed by atoms with E-state index in [1.165, 1.54) is 11.1 Å². The molecular weight excluding hydrogens is 548 g/mol. The third-order valence-corrected chi connectivity index (χ3v) is 8.83. The Bertz CT molecular complexity index is 1630. The molecule has 0 aliphatic carbocycles. The van der Waals surface area contributed by atoms with Crippen molar-refractivity contribution in [3.63, 3.8) is 0 Å². The fraction of sp³-hybridized carbons (Fsp3) is 0.278. The summed E-state index contributed by atoms with van der Waals surface area (Å²) in [5.74, 6) is 0.867. The van der Waals surface area contributed by atoms with E-state index in [2.05, 4.69) is 86.9 Å². The van der Waals surface area contributed by atoms with E-state index in [0.717, 1.165) is 22.5 Å². The van der Waals surface area contributed by atoms with Crippen LogP contribution in [-0.4, -0.2) is 20.9 Å². The molecule has 5 aromatic rings. The largest absolute Gasteiger partial charge is 0.347 e. The molecule has 0 radical (unpaired) electrons. The zero-order chi connectivity index (χ0) is 31.8. The van der Waals surface area contributed by atoms with Gasteiger partial charge in [-0.3, -0.25) is 9.59 Å². The minimum Gasteiger partial charge on any atom is -0.315 e. The predicted octanol–water partition coefficient (Wildman–Crippen LogP) is 5.17. The van der Waals surface area contributed by atoms with E-state index in [1.807, 2.05) is 77.2 Å². The van der Waals surface area contributed by atoms with Crippen LogP contribution in [0.3, 0.4) is 0 Å². The summed E-state index contributed by atoms with van der Waals surface area (Å²) in [4.78, 5) is 25.6. The molecule has 0 aliphatic heterocycles. The molecule has 0 unspecified atom stereocenters. The van der Waals surface area contributed by atoms with E-state index in [0.29, 0.717) is 11.6 Å². The van der Waals surface area contributed by atoms with Gasteiger partial charge in [0, 0.05) is 22.2 Å². The predicted molar refractivity (Wildman–Crippen MR) is 173 cm³/mol. The Kier molecular flexibility index (Phi) is 8.04. The van der Waals surface area contributed by atoms with Gasteiger partial charge in [0.2, 0.25) is 0 Å². The third-order valence-electron chi connectivity index (χ3n) is 8.83. The lowest BCUT2D eigenvalue weighted by Crippen LogP contribution is -2.37. The lowest BCUT2D eigenvalue weighted by atomic mass is 9.74. The zero-order valence-corrected chi connectivity index (χ0v) is 26.8. The fourth-order valence-electron chi connectivity index (χ4n) is 5.77. The number of anilines is 2. The van der Waals surface area contributed by atoms with Gasteiger partial charge in [0.25, 0.3) is 0 Å². The average Bonchev–Trinajstić information content (AvgIpc) is 3.52. The smallest absolute Gasteiger partial charge is 0.315 e. The number of imidazole rings is 2. The van der Waals surface area contributed by atoms with Gasteiger partial charge < -0.3 is 10.6 Å². The second-order valence-electron chi connectivity index (χ2n) is 12.6. The molecular formula is C36H42N6O2+2. The van der Waals surface area contributed by atoms with Gasteiger partial charge in [0.1, 0.15) is 24.8 Å². The van der Waals surface area contributed by atoms with E-state index in [4.69, 9.17) is 0 Å². The number of nitrogens with one attached hydrogen (secondary N) is 2. The minimum atomic E-state index is -0.232. The summed E-state index contributed by atoms with van der Waals surface area (Å²) in [5, 5.41) is 6.01. The zero-order valence-electron chi connectivity index (χ0n) is 26.8. The van der Waals surface area contributed by atoms with Crippen molar-refractivity contribution in [2.24, 2.45) is 28.2 Å². The quantitative estimate of drug-likeness (QED) is 0.245. The lowest BCUT2D eigenvalue weighted by molar-refractivity contribution is -0.672. The van der Waals surface area contributed by atoms with Crippen LogP contribution < -0.4 is 19.8 Å². The minimum absolute atomic E-state index is 0.147. The average molecular weight is 591 g/mol. The summed E-state index contributed by atoms with van der Waals surface area (Å²) in [7, 11) is 7.43. The van der Waals surface area contributed by atoms with Crippen molar-refractivity contribution in [2.75, 3.05) is 10.6 Å². The van der Waals surface area contributed by atoms with E-state index in [-0.39, 0.29) is 22.6 Å². The maximum atomic E-state index is 12.8. The maximum absolute atomic E-state index is 12.8. The molecule has 3 aromatic carbocycles. The van der Waals surface area contributed by atoms with Crippen molar-refractivity contribution < 1.29 is 18.7 Å². The van der Waals surface area contributed by atoms with Crippen molar-refractivity contribution >= 4 is 23.2 Å². The first-order chi connectivity index (χ1) is 20.8. The number of carbonyl (C=O) groups excluding carboxylic acids is 2. The van der Waals surface area contributed by atoms with E-state index >= 15 is 0 Å². The van der Waals surface area contributed by atoms with Gasteiger partial charge in [0.05, 0.1) is 28.2 Å². The van der Waals surface area contributed by atoms with Crippen molar-refractivity contribution in [1.82, 2.24) is 9.13 Å². The molecule has 0 saturated heterocycles. The summed E-state index contributed by atoms with van der Waals surface area (Å²) in [6.45, 7) is 8.86. The number of aryl methyl sites for hydroxylation is 4. The summed E-state index contributed by atoms with van der Waals surface area (Å²) in [6, 6.07) is 25.0. The molecule has 0 saturated carbocycles. The Morgan fingerprint density at radius 3 is 1.07 bits per heavy atom. The molecule has 0 spiro atoms. The number of hydrogen-bond donors (Lipinski definition) is 2. The van der Waals surface area contributed by atoms with Crippen molar-refractivity contribution in [2.45, 2.75) is 38.5 Å². The normalized spacial score (nSPS) is 11.8. The molecule has 2 aromatic heterocycles. The molecule has 44 heavy (non-hydrogen) atoms. The highest BCUT2D eigenvalue weighted by molar-refractivity contribution is 6.01. The first-order valence-corrected chi connectivity index (χ1v) is 14.8. The van der Waals surface area contributed by atoms with Crippen LogP contribution in [0.4, 0.5) is 11.4 Å². The number of nitrogens with zero attached hydrogens (tertiary/aromatic N) is 4. The lowest BCUT2D eigenvalue weighted by Gasteiger charge is -2.29. The van der Waals surface area contributed by atoms with Crippen LogP contribution in [0.15, 0.2) is 97.6 Å². The molecule has 0 atom stereocenters. The van der Waals surface area contributed by atoms with Crippen molar-refractivity contribution in [3.05, 3.63) is 131 Å². The second-order valence-corrected chi connectivity index (χ2v) is 12.6. The Labute approximate surface area is 259 Å². The molecule has 8 nitrogen and oxygen atoms in total. The van der Waals surface area contributed by atoms with E-state index < -0.39 is 0 Å². The molecule has 226 valence electrons. The molecule has 0 fully saturated rings. The Morgan fingerprint density at radius 2 is 0.818 bits per heavy atom. The topological polar surface area (TPSA) is 75.8 Å². The van der Waals surface area contributed by atoms with Gasteiger partial charge in [-0.15, -0.1) is 0 Å². The van der Waals surface area contributed by atoms with Crippen LogP contribution in [0.5, 0.6) is 0 Å². The van der Waals surface area contributed by atoms with Crippen LogP contribution in [0.2, 0.25) is 0 Å². The molecule has 2 heterocycles. The van der Waals surface area contributed by atoms with Gasteiger partial charge in [-0.1, -0.05) is 76.2 Å². The molecule has 8 heteroatoms. The number of benzene rings is 3. The molecule has 5 rings (SSSR count). The molecule has 2 amide bonds. The number of amides is 2. The highest BCUT2D eigenvalue weighted by Gasteiger charge is 2.28. The highest BCUT2D eigenvalue weighted by Crippen LogP contribution is 2.36. The van der Waals surface area contributed by atoms with E-state index in [9.17, 15) is 9.59 Å². The van der Waals surface area contributed by atoms with Crippen LogP contribution in [0, 0.1) is 0 Å². The van der Waals surface area contributed by atoms with Gasteiger partial charge in [-0.25, -0.2) is 18.3 Å². The van der Waals surface area contributed by atoms with Crippen LogP contribution in [-0.2, 0) is 39.0 Å². The maximum Gasteiger partial charge on any atom is 0.347 e. The fourth-order valence-corrected chi connectivity index (χ4v) is 5.77. The number of carbonyl (C=O) groups is 2. The second kappa shape index (κ2) is 11.6. The first-order valence-electron chi connectivity index (χ1n) is 14.8. The van der Waals surface area contributed by atoms with Gasteiger partial charge in [-0.2, -0.15) is 0 Å². The van der Waals surface area contributed by atoms with Gasteiger partial charge >= 0.3 is 23.5 Å². The third kappa shape index (κ3) is 5.80. The number of rotatable bonds is 8. The summed E-state index contributed by atoms with van der Waals surface area (Å²) in [6.07, 6.45) is 7.43. The summed E-state index contributed by atoms with van der Waals surface area (Å²) < 4.78 is 7.22.